The quantitative estimate of drug-likeness (QED) is 0.594. The van der Waals surface area contributed by atoms with Gasteiger partial charge >= 0.3 is 5.97 Å². The number of esters is 1. The SMILES string of the molecule is Cc1ccc(C(=O)COC(=O)c2cccc(N3CCCS3(=O)=O)c2)cc1. The van der Waals surface area contributed by atoms with Gasteiger partial charge in [0.15, 0.2) is 12.4 Å². The van der Waals surface area contributed by atoms with Crippen LogP contribution >= 0.6 is 0 Å². The van der Waals surface area contributed by atoms with Gasteiger partial charge in [0, 0.05) is 12.1 Å². The molecule has 0 unspecified atom stereocenters. The van der Waals surface area contributed by atoms with E-state index in [0.29, 0.717) is 24.2 Å². The minimum atomic E-state index is -3.32. The van der Waals surface area contributed by atoms with Gasteiger partial charge in [0.25, 0.3) is 0 Å². The molecule has 0 amide bonds. The van der Waals surface area contributed by atoms with E-state index < -0.39 is 16.0 Å². The van der Waals surface area contributed by atoms with Gasteiger partial charge in [0.1, 0.15) is 0 Å². The molecular weight excluding hydrogens is 354 g/mol. The number of Topliss-reactive ketones (excluding diaryl/α,β-unsaturated/α-hetero) is 1. The van der Waals surface area contributed by atoms with E-state index in [1.165, 1.54) is 16.4 Å². The molecule has 0 aromatic heterocycles. The van der Waals surface area contributed by atoms with E-state index in [2.05, 4.69) is 0 Å². The second-order valence-corrected chi connectivity index (χ2v) is 8.17. The maximum atomic E-state index is 12.2. The van der Waals surface area contributed by atoms with Crippen LogP contribution in [0.2, 0.25) is 0 Å². The van der Waals surface area contributed by atoms with E-state index in [1.54, 1.807) is 24.3 Å². The normalized spacial score (nSPS) is 15.7. The van der Waals surface area contributed by atoms with Gasteiger partial charge < -0.3 is 4.74 Å². The van der Waals surface area contributed by atoms with Crippen molar-refractivity contribution in [2.75, 3.05) is 23.2 Å². The first-order valence-corrected chi connectivity index (χ1v) is 9.85. The van der Waals surface area contributed by atoms with Gasteiger partial charge in [-0.3, -0.25) is 9.10 Å². The summed E-state index contributed by atoms with van der Waals surface area (Å²) in [5, 5.41) is 0. The molecule has 1 heterocycles. The highest BCUT2D eigenvalue weighted by atomic mass is 32.2. The Morgan fingerprint density at radius 2 is 1.81 bits per heavy atom. The average molecular weight is 373 g/mol. The van der Waals surface area contributed by atoms with Crippen LogP contribution in [-0.4, -0.2) is 39.1 Å². The van der Waals surface area contributed by atoms with Gasteiger partial charge in [-0.1, -0.05) is 35.9 Å². The summed E-state index contributed by atoms with van der Waals surface area (Å²) < 4.78 is 30.4. The number of aryl methyl sites for hydroxylation is 1. The first-order valence-electron chi connectivity index (χ1n) is 8.24. The van der Waals surface area contributed by atoms with E-state index in [-0.39, 0.29) is 23.7 Å². The number of benzene rings is 2. The molecule has 1 saturated heterocycles. The second-order valence-electron chi connectivity index (χ2n) is 6.16. The summed E-state index contributed by atoms with van der Waals surface area (Å²) in [5.41, 5.74) is 2.15. The van der Waals surface area contributed by atoms with Crippen molar-refractivity contribution in [1.82, 2.24) is 0 Å². The van der Waals surface area contributed by atoms with Crippen molar-refractivity contribution in [2.45, 2.75) is 13.3 Å². The highest BCUT2D eigenvalue weighted by Gasteiger charge is 2.28. The van der Waals surface area contributed by atoms with Crippen LogP contribution in [0, 0.1) is 6.92 Å². The summed E-state index contributed by atoms with van der Waals surface area (Å²) in [7, 11) is -3.32. The standard InChI is InChI=1S/C19H19NO5S/c1-14-6-8-15(9-7-14)18(21)13-25-19(22)16-4-2-5-17(12-16)20-10-3-11-26(20,23)24/h2,4-9,12H,3,10-11,13H2,1H3. The molecule has 1 aliphatic heterocycles. The summed E-state index contributed by atoms with van der Waals surface area (Å²) in [5.74, 6) is -0.854. The van der Waals surface area contributed by atoms with Gasteiger partial charge in [-0.25, -0.2) is 13.2 Å². The molecule has 1 aliphatic rings. The molecule has 0 aliphatic carbocycles. The molecule has 0 bridgehead atoms. The van der Waals surface area contributed by atoms with Crippen LogP contribution in [0.3, 0.4) is 0 Å². The summed E-state index contributed by atoms with van der Waals surface area (Å²) in [6, 6.07) is 13.2. The fraction of sp³-hybridized carbons (Fsp3) is 0.263. The summed E-state index contributed by atoms with van der Waals surface area (Å²) in [6.07, 6.45) is 0.558. The molecule has 7 heteroatoms. The molecular formula is C19H19NO5S. The first-order chi connectivity index (χ1) is 12.4. The zero-order valence-corrected chi connectivity index (χ0v) is 15.2. The van der Waals surface area contributed by atoms with Crippen molar-refractivity contribution in [3.8, 4) is 0 Å². The van der Waals surface area contributed by atoms with Crippen molar-refractivity contribution in [2.24, 2.45) is 0 Å². The molecule has 0 saturated carbocycles. The lowest BCUT2D eigenvalue weighted by Gasteiger charge is -2.17. The summed E-state index contributed by atoms with van der Waals surface area (Å²) in [6.45, 7) is 1.95. The predicted octanol–water partition coefficient (Wildman–Crippen LogP) is 2.57. The number of anilines is 1. The van der Waals surface area contributed by atoms with Gasteiger partial charge in [-0.2, -0.15) is 0 Å². The third-order valence-electron chi connectivity index (χ3n) is 4.18. The van der Waals surface area contributed by atoms with Crippen molar-refractivity contribution < 1.29 is 22.7 Å². The number of sulfonamides is 1. The van der Waals surface area contributed by atoms with Gasteiger partial charge in [0.05, 0.1) is 17.0 Å². The molecule has 3 rings (SSSR count). The van der Waals surface area contributed by atoms with E-state index in [9.17, 15) is 18.0 Å². The van der Waals surface area contributed by atoms with Gasteiger partial charge in [0.2, 0.25) is 10.0 Å². The average Bonchev–Trinajstić information content (AvgIpc) is 2.99. The molecule has 136 valence electrons. The zero-order chi connectivity index (χ0) is 18.7. The minimum Gasteiger partial charge on any atom is -0.454 e. The zero-order valence-electron chi connectivity index (χ0n) is 14.3. The fourth-order valence-electron chi connectivity index (χ4n) is 2.75. The number of carbonyl (C=O) groups is 2. The maximum Gasteiger partial charge on any atom is 0.338 e. The lowest BCUT2D eigenvalue weighted by atomic mass is 10.1. The third-order valence-corrected chi connectivity index (χ3v) is 6.05. The number of rotatable bonds is 5. The molecule has 0 atom stereocenters. The number of hydrogen-bond acceptors (Lipinski definition) is 5. The Morgan fingerprint density at radius 3 is 2.46 bits per heavy atom. The topological polar surface area (TPSA) is 80.8 Å². The van der Waals surface area contributed by atoms with Crippen molar-refractivity contribution in [3.05, 3.63) is 65.2 Å². The fourth-order valence-corrected chi connectivity index (χ4v) is 4.31. The Hall–Kier alpha value is -2.67. The minimum absolute atomic E-state index is 0.104. The molecule has 1 fully saturated rings. The highest BCUT2D eigenvalue weighted by molar-refractivity contribution is 7.93. The molecule has 0 radical (unpaired) electrons. The molecule has 0 N–H and O–H groups in total. The molecule has 2 aromatic rings. The predicted molar refractivity (Wildman–Crippen MR) is 98.0 cm³/mol. The highest BCUT2D eigenvalue weighted by Crippen LogP contribution is 2.25. The Bertz CT molecular complexity index is 935. The van der Waals surface area contributed by atoms with Crippen LogP contribution in [0.25, 0.3) is 0 Å². The molecule has 0 spiro atoms. The van der Waals surface area contributed by atoms with E-state index >= 15 is 0 Å². The van der Waals surface area contributed by atoms with Gasteiger partial charge in [-0.15, -0.1) is 0 Å². The van der Waals surface area contributed by atoms with Crippen LogP contribution < -0.4 is 4.31 Å². The monoisotopic (exact) mass is 373 g/mol. The molecule has 26 heavy (non-hydrogen) atoms. The number of ketones is 1. The largest absolute Gasteiger partial charge is 0.454 e. The Kier molecular flexibility index (Phi) is 5.08. The van der Waals surface area contributed by atoms with Crippen LogP contribution in [0.15, 0.2) is 48.5 Å². The molecule has 2 aromatic carbocycles. The Morgan fingerprint density at radius 1 is 1.08 bits per heavy atom. The first kappa shape index (κ1) is 18.1. The van der Waals surface area contributed by atoms with E-state index in [0.717, 1.165) is 5.56 Å². The van der Waals surface area contributed by atoms with E-state index in [1.807, 2.05) is 19.1 Å². The van der Waals surface area contributed by atoms with Crippen molar-refractivity contribution in [1.29, 1.82) is 0 Å². The number of hydrogen-bond donors (Lipinski definition) is 0. The maximum absolute atomic E-state index is 12.2. The van der Waals surface area contributed by atoms with Crippen LogP contribution in [0.4, 0.5) is 5.69 Å². The number of carbonyl (C=O) groups excluding carboxylic acids is 2. The van der Waals surface area contributed by atoms with Crippen LogP contribution in [0.5, 0.6) is 0 Å². The molecule has 6 nitrogen and oxygen atoms in total. The Balaban J connectivity index is 1.67. The van der Waals surface area contributed by atoms with Crippen LogP contribution in [0.1, 0.15) is 32.7 Å². The van der Waals surface area contributed by atoms with Crippen LogP contribution in [-0.2, 0) is 14.8 Å². The lowest BCUT2D eigenvalue weighted by Crippen LogP contribution is -2.25. The summed E-state index contributed by atoms with van der Waals surface area (Å²) >= 11 is 0. The Labute approximate surface area is 152 Å². The number of ether oxygens (including phenoxy) is 1. The smallest absolute Gasteiger partial charge is 0.338 e. The third kappa shape index (κ3) is 3.94. The van der Waals surface area contributed by atoms with Crippen molar-refractivity contribution >= 4 is 27.5 Å². The van der Waals surface area contributed by atoms with E-state index in [4.69, 9.17) is 4.74 Å². The van der Waals surface area contributed by atoms with Crippen molar-refractivity contribution in [3.63, 3.8) is 0 Å². The number of nitrogens with zero attached hydrogens (tertiary/aromatic N) is 1. The lowest BCUT2D eigenvalue weighted by molar-refractivity contribution is 0.0475. The van der Waals surface area contributed by atoms with Gasteiger partial charge in [-0.05, 0) is 31.5 Å². The summed E-state index contributed by atoms with van der Waals surface area (Å²) in [4.78, 5) is 24.3. The second kappa shape index (κ2) is 7.29.